The minimum Gasteiger partial charge on any atom is -0.299 e. The molecule has 2 aromatic rings. The predicted octanol–water partition coefficient (Wildman–Crippen LogP) is 6.02. The molecule has 0 heterocycles. The maximum Gasteiger partial charge on any atom is 0.143 e. The van der Waals surface area contributed by atoms with Crippen molar-refractivity contribution in [2.24, 2.45) is 0 Å². The number of carbonyl (C=O) groups excluding carboxylic acids is 1. The van der Waals surface area contributed by atoms with Crippen LogP contribution in [0.3, 0.4) is 0 Å². The van der Waals surface area contributed by atoms with Crippen molar-refractivity contribution in [1.29, 1.82) is 0 Å². The lowest BCUT2D eigenvalue weighted by Gasteiger charge is -2.36. The van der Waals surface area contributed by atoms with E-state index in [4.69, 9.17) is 0 Å². The Bertz CT molecular complexity index is 813. The summed E-state index contributed by atoms with van der Waals surface area (Å²) in [6, 6.07) is 19.1. The summed E-state index contributed by atoms with van der Waals surface area (Å²) in [7, 11) is 0. The summed E-state index contributed by atoms with van der Waals surface area (Å²) in [6.45, 7) is 6.60. The highest BCUT2D eigenvalue weighted by Gasteiger charge is 2.33. The average molecular weight is 334 g/mol. The highest BCUT2D eigenvalue weighted by Crippen LogP contribution is 2.50. The number of carbonyl (C=O) groups is 1. The van der Waals surface area contributed by atoms with Gasteiger partial charge in [-0.3, -0.25) is 4.79 Å². The second-order valence-electron chi connectivity index (χ2n) is 6.81. The summed E-state index contributed by atoms with van der Waals surface area (Å²) < 4.78 is 0. The summed E-state index contributed by atoms with van der Waals surface area (Å²) in [4.78, 5) is 13.5. The Morgan fingerprint density at radius 1 is 1.04 bits per heavy atom. The number of fused-ring (bicyclic) bond motifs is 1. The molecule has 1 nitrogen and oxygen atoms in total. The topological polar surface area (TPSA) is 17.1 Å². The Balaban J connectivity index is 2.20. The van der Waals surface area contributed by atoms with Crippen molar-refractivity contribution in [3.63, 3.8) is 0 Å². The van der Waals surface area contributed by atoms with E-state index in [-0.39, 0.29) is 5.41 Å². The molecule has 0 aromatic heterocycles. The van der Waals surface area contributed by atoms with E-state index >= 15 is 0 Å². The zero-order chi connectivity index (χ0) is 17.2. The van der Waals surface area contributed by atoms with Crippen LogP contribution in [0.5, 0.6) is 0 Å². The van der Waals surface area contributed by atoms with E-state index in [1.165, 1.54) is 26.5 Å². The van der Waals surface area contributed by atoms with Gasteiger partial charge in [-0.1, -0.05) is 68.1 Å². The van der Waals surface area contributed by atoms with E-state index in [0.29, 0.717) is 0 Å². The van der Waals surface area contributed by atoms with Crippen molar-refractivity contribution in [2.45, 2.75) is 37.5 Å². The Kier molecular flexibility index (Phi) is 4.77. The van der Waals surface area contributed by atoms with Gasteiger partial charge in [0.1, 0.15) is 6.29 Å². The van der Waals surface area contributed by atoms with Gasteiger partial charge in [0.15, 0.2) is 0 Å². The standard InChI is InChI=1S/C22H22OS/c1-16(13-14-23)19-15-22(2,3)20-12-8-7-11-18(20)21(19)24-17-9-5-4-6-10-17/h4-14H,15H2,1-3H3. The number of thioether (sulfide) groups is 1. The summed E-state index contributed by atoms with van der Waals surface area (Å²) in [5, 5.41) is 0. The molecule has 24 heavy (non-hydrogen) atoms. The Labute approximate surface area is 148 Å². The number of benzene rings is 2. The van der Waals surface area contributed by atoms with Crippen LogP contribution >= 0.6 is 11.8 Å². The second-order valence-corrected chi connectivity index (χ2v) is 7.90. The van der Waals surface area contributed by atoms with Gasteiger partial charge in [-0.15, -0.1) is 0 Å². The van der Waals surface area contributed by atoms with Crippen LogP contribution in [0.15, 0.2) is 76.7 Å². The van der Waals surface area contributed by atoms with Crippen LogP contribution in [-0.4, -0.2) is 6.29 Å². The van der Waals surface area contributed by atoms with E-state index in [1.807, 2.05) is 13.0 Å². The molecule has 2 aromatic carbocycles. The molecule has 0 saturated carbocycles. The van der Waals surface area contributed by atoms with Gasteiger partial charge in [0.25, 0.3) is 0 Å². The molecule has 0 amide bonds. The van der Waals surface area contributed by atoms with Gasteiger partial charge in [-0.25, -0.2) is 0 Å². The van der Waals surface area contributed by atoms with Crippen LogP contribution in [0.2, 0.25) is 0 Å². The van der Waals surface area contributed by atoms with Gasteiger partial charge >= 0.3 is 0 Å². The fourth-order valence-electron chi connectivity index (χ4n) is 3.30. The van der Waals surface area contributed by atoms with Gasteiger partial charge in [0.2, 0.25) is 0 Å². The number of hydrogen-bond donors (Lipinski definition) is 0. The Hall–Kier alpha value is -2.06. The molecule has 0 bridgehead atoms. The normalized spacial score (nSPS) is 16.7. The van der Waals surface area contributed by atoms with Crippen LogP contribution in [0.25, 0.3) is 4.91 Å². The first-order chi connectivity index (χ1) is 11.5. The monoisotopic (exact) mass is 334 g/mol. The van der Waals surface area contributed by atoms with Crippen LogP contribution in [0.1, 0.15) is 38.3 Å². The SMILES string of the molecule is CC(=CC=O)C1=C(Sc2ccccc2)c2ccccc2C(C)(C)C1. The summed E-state index contributed by atoms with van der Waals surface area (Å²) >= 11 is 1.79. The van der Waals surface area contributed by atoms with Crippen molar-refractivity contribution in [1.82, 2.24) is 0 Å². The summed E-state index contributed by atoms with van der Waals surface area (Å²) in [6.07, 6.45) is 3.51. The Morgan fingerprint density at radius 3 is 2.42 bits per heavy atom. The smallest absolute Gasteiger partial charge is 0.143 e. The molecule has 0 radical (unpaired) electrons. The fourth-order valence-corrected chi connectivity index (χ4v) is 4.47. The van der Waals surface area contributed by atoms with Crippen molar-refractivity contribution < 1.29 is 4.79 Å². The first kappa shape index (κ1) is 16.8. The minimum atomic E-state index is 0.0602. The maximum atomic E-state index is 11.0. The van der Waals surface area contributed by atoms with E-state index < -0.39 is 0 Å². The molecule has 0 aliphatic heterocycles. The largest absolute Gasteiger partial charge is 0.299 e. The van der Waals surface area contributed by atoms with Gasteiger partial charge in [-0.2, -0.15) is 0 Å². The quantitative estimate of drug-likeness (QED) is 0.502. The van der Waals surface area contributed by atoms with Crippen molar-refractivity contribution in [2.75, 3.05) is 0 Å². The molecule has 0 atom stereocenters. The predicted molar refractivity (Wildman–Crippen MR) is 103 cm³/mol. The highest BCUT2D eigenvalue weighted by molar-refractivity contribution is 8.08. The molecule has 122 valence electrons. The molecular formula is C22H22OS. The molecule has 0 spiro atoms. The number of rotatable bonds is 4. The molecular weight excluding hydrogens is 312 g/mol. The zero-order valence-electron chi connectivity index (χ0n) is 14.4. The third kappa shape index (κ3) is 3.25. The molecule has 0 saturated heterocycles. The fraction of sp³-hybridized carbons (Fsp3) is 0.227. The van der Waals surface area contributed by atoms with Crippen molar-refractivity contribution in [3.05, 3.63) is 82.9 Å². The molecule has 1 aliphatic carbocycles. The van der Waals surface area contributed by atoms with Crippen LogP contribution in [-0.2, 0) is 10.2 Å². The lowest BCUT2D eigenvalue weighted by molar-refractivity contribution is -0.104. The van der Waals surface area contributed by atoms with E-state index in [0.717, 1.165) is 18.3 Å². The van der Waals surface area contributed by atoms with Crippen LogP contribution in [0, 0.1) is 0 Å². The number of hydrogen-bond acceptors (Lipinski definition) is 2. The molecule has 2 heteroatoms. The molecule has 0 N–H and O–H groups in total. The maximum absolute atomic E-state index is 11.0. The lowest BCUT2D eigenvalue weighted by atomic mass is 9.71. The van der Waals surface area contributed by atoms with Crippen LogP contribution < -0.4 is 0 Å². The van der Waals surface area contributed by atoms with E-state index in [2.05, 4.69) is 62.4 Å². The van der Waals surface area contributed by atoms with Gasteiger partial charge in [0.05, 0.1) is 0 Å². The molecule has 0 fully saturated rings. The average Bonchev–Trinajstić information content (AvgIpc) is 2.58. The highest BCUT2D eigenvalue weighted by atomic mass is 32.2. The summed E-state index contributed by atoms with van der Waals surface area (Å²) in [5.74, 6) is 0. The third-order valence-corrected chi connectivity index (χ3v) is 5.73. The van der Waals surface area contributed by atoms with E-state index in [9.17, 15) is 4.79 Å². The molecule has 3 rings (SSSR count). The third-order valence-electron chi connectivity index (χ3n) is 4.55. The van der Waals surface area contributed by atoms with Gasteiger partial charge in [0, 0.05) is 9.80 Å². The zero-order valence-corrected chi connectivity index (χ0v) is 15.2. The van der Waals surface area contributed by atoms with Crippen molar-refractivity contribution >= 4 is 23.0 Å². The lowest BCUT2D eigenvalue weighted by Crippen LogP contribution is -2.24. The molecule has 0 unspecified atom stereocenters. The molecule has 1 aliphatic rings. The first-order valence-electron chi connectivity index (χ1n) is 8.21. The summed E-state index contributed by atoms with van der Waals surface area (Å²) in [5.41, 5.74) is 5.07. The first-order valence-corrected chi connectivity index (χ1v) is 9.03. The second kappa shape index (κ2) is 6.82. The number of aldehydes is 1. The van der Waals surface area contributed by atoms with Crippen molar-refractivity contribution in [3.8, 4) is 0 Å². The Morgan fingerprint density at radius 2 is 1.71 bits per heavy atom. The van der Waals surface area contributed by atoms with Gasteiger partial charge < -0.3 is 0 Å². The van der Waals surface area contributed by atoms with Crippen LogP contribution in [0.4, 0.5) is 0 Å². The number of allylic oxidation sites excluding steroid dienone is 3. The minimum absolute atomic E-state index is 0.0602. The van der Waals surface area contributed by atoms with Gasteiger partial charge in [-0.05, 0) is 59.2 Å². The van der Waals surface area contributed by atoms with E-state index in [1.54, 1.807) is 17.8 Å².